The van der Waals surface area contributed by atoms with E-state index in [9.17, 15) is 8.42 Å². The molecule has 1 aromatic rings. The number of piperidine rings is 1. The van der Waals surface area contributed by atoms with Crippen LogP contribution in [0.3, 0.4) is 0 Å². The summed E-state index contributed by atoms with van der Waals surface area (Å²) < 4.78 is 32.2. The minimum atomic E-state index is -3.41. The Labute approximate surface area is 114 Å². The van der Waals surface area contributed by atoms with E-state index < -0.39 is 10.0 Å². The van der Waals surface area contributed by atoms with Gasteiger partial charge in [-0.2, -0.15) is 4.31 Å². The van der Waals surface area contributed by atoms with Crippen LogP contribution < -0.4 is 4.74 Å². The number of hydrogen-bond donors (Lipinski definition) is 0. The molecule has 0 radical (unpaired) electrons. The number of rotatable bonds is 3. The van der Waals surface area contributed by atoms with Gasteiger partial charge in [-0.3, -0.25) is 0 Å². The fraction of sp³-hybridized carbons (Fsp3) is 0.571. The molecule has 0 N–H and O–H groups in total. The molecule has 0 amide bonds. The number of ether oxygens (including phenoxy) is 1. The lowest BCUT2D eigenvalue weighted by atomic mass is 10.1. The van der Waals surface area contributed by atoms with Crippen molar-refractivity contribution in [1.82, 2.24) is 4.31 Å². The van der Waals surface area contributed by atoms with E-state index in [1.807, 2.05) is 13.8 Å². The summed E-state index contributed by atoms with van der Waals surface area (Å²) in [6, 6.07) is 3.53. The third kappa shape index (κ3) is 2.05. The zero-order chi connectivity index (χ0) is 13.8. The molecular formula is C14H19NO3S. The van der Waals surface area contributed by atoms with Crippen molar-refractivity contribution in [3.63, 3.8) is 0 Å². The van der Waals surface area contributed by atoms with Gasteiger partial charge in [0.2, 0.25) is 10.0 Å². The molecule has 4 nitrogen and oxygen atoms in total. The van der Waals surface area contributed by atoms with E-state index in [4.69, 9.17) is 4.74 Å². The number of fused-ring (bicyclic) bond motifs is 1. The minimum absolute atomic E-state index is 0.305. The quantitative estimate of drug-likeness (QED) is 0.851. The Balaban J connectivity index is 2.02. The number of methoxy groups -OCH3 is 1. The standard InChI is InChI=1S/C14H19NO3S/c1-9-4-13(18-3)14(5-10(9)2)19(16,17)15-7-11-6-12(11)8-15/h4-5,11-12H,6-8H2,1-3H3. The van der Waals surface area contributed by atoms with Crippen LogP contribution in [0.25, 0.3) is 0 Å². The Morgan fingerprint density at radius 2 is 1.74 bits per heavy atom. The largest absolute Gasteiger partial charge is 0.495 e. The Bertz CT molecular complexity index is 614. The Kier molecular flexibility index (Phi) is 2.87. The second-order valence-corrected chi connectivity index (χ2v) is 7.57. The third-order valence-corrected chi connectivity index (χ3v) is 6.20. The summed E-state index contributed by atoms with van der Waals surface area (Å²) in [7, 11) is -1.90. The topological polar surface area (TPSA) is 46.6 Å². The fourth-order valence-electron chi connectivity index (χ4n) is 2.81. The van der Waals surface area contributed by atoms with Crippen LogP contribution >= 0.6 is 0 Å². The molecule has 0 aromatic heterocycles. The van der Waals surface area contributed by atoms with Crippen LogP contribution in [0.2, 0.25) is 0 Å². The smallest absolute Gasteiger partial charge is 0.246 e. The van der Waals surface area contributed by atoms with Gasteiger partial charge in [-0.1, -0.05) is 0 Å². The van der Waals surface area contributed by atoms with E-state index in [1.165, 1.54) is 13.5 Å². The van der Waals surface area contributed by atoms with Crippen molar-refractivity contribution in [3.8, 4) is 5.75 Å². The van der Waals surface area contributed by atoms with Crippen molar-refractivity contribution < 1.29 is 13.2 Å². The number of hydrogen-bond acceptors (Lipinski definition) is 3. The molecule has 1 aromatic carbocycles. The van der Waals surface area contributed by atoms with Crippen molar-refractivity contribution in [1.29, 1.82) is 0 Å². The van der Waals surface area contributed by atoms with Gasteiger partial charge in [0.05, 0.1) is 7.11 Å². The van der Waals surface area contributed by atoms with Gasteiger partial charge in [0, 0.05) is 13.1 Å². The molecule has 3 rings (SSSR count). The maximum Gasteiger partial charge on any atom is 0.246 e. The van der Waals surface area contributed by atoms with Gasteiger partial charge >= 0.3 is 0 Å². The second-order valence-electron chi connectivity index (χ2n) is 5.67. The summed E-state index contributed by atoms with van der Waals surface area (Å²) in [5.74, 6) is 1.63. The highest BCUT2D eigenvalue weighted by molar-refractivity contribution is 7.89. The van der Waals surface area contributed by atoms with Crippen molar-refractivity contribution in [2.75, 3.05) is 20.2 Å². The average molecular weight is 281 g/mol. The lowest BCUT2D eigenvalue weighted by molar-refractivity contribution is 0.395. The average Bonchev–Trinajstić information content (AvgIpc) is 2.98. The molecular weight excluding hydrogens is 262 g/mol. The molecule has 2 unspecified atom stereocenters. The van der Waals surface area contributed by atoms with Crippen LogP contribution in [0, 0.1) is 25.7 Å². The third-order valence-electron chi connectivity index (χ3n) is 4.34. The fourth-order valence-corrected chi connectivity index (χ4v) is 4.59. The highest BCUT2D eigenvalue weighted by Crippen LogP contribution is 2.47. The van der Waals surface area contributed by atoms with Gasteiger partial charge < -0.3 is 4.74 Å². The van der Waals surface area contributed by atoms with Gasteiger partial charge in [0.25, 0.3) is 0 Å². The van der Waals surface area contributed by atoms with Crippen molar-refractivity contribution in [2.24, 2.45) is 11.8 Å². The molecule has 104 valence electrons. The number of nitrogens with zero attached hydrogens (tertiary/aromatic N) is 1. The van der Waals surface area contributed by atoms with E-state index in [-0.39, 0.29) is 0 Å². The van der Waals surface area contributed by atoms with Crippen LogP contribution in [0.1, 0.15) is 17.5 Å². The molecule has 1 saturated carbocycles. The van der Waals surface area contributed by atoms with E-state index in [1.54, 1.807) is 16.4 Å². The molecule has 19 heavy (non-hydrogen) atoms. The van der Waals surface area contributed by atoms with Crippen molar-refractivity contribution in [3.05, 3.63) is 23.3 Å². The molecule has 1 aliphatic carbocycles. The van der Waals surface area contributed by atoms with Gasteiger partial charge in [-0.05, 0) is 55.4 Å². The molecule has 2 aliphatic rings. The molecule has 0 spiro atoms. The SMILES string of the molecule is COc1cc(C)c(C)cc1S(=O)(=O)N1CC2CC2C1. The molecule has 0 bridgehead atoms. The van der Waals surface area contributed by atoms with Gasteiger partial charge in [-0.25, -0.2) is 8.42 Å². The maximum absolute atomic E-state index is 12.7. The summed E-state index contributed by atoms with van der Waals surface area (Å²) >= 11 is 0. The van der Waals surface area contributed by atoms with Gasteiger partial charge in [-0.15, -0.1) is 0 Å². The number of sulfonamides is 1. The summed E-state index contributed by atoms with van der Waals surface area (Å²) in [6.07, 6.45) is 1.19. The summed E-state index contributed by atoms with van der Waals surface area (Å²) in [4.78, 5) is 0.305. The highest BCUT2D eigenvalue weighted by Gasteiger charge is 2.49. The highest BCUT2D eigenvalue weighted by atomic mass is 32.2. The molecule has 1 aliphatic heterocycles. The van der Waals surface area contributed by atoms with Gasteiger partial charge in [0.15, 0.2) is 0 Å². The molecule has 2 fully saturated rings. The molecule has 5 heteroatoms. The van der Waals surface area contributed by atoms with Crippen LogP contribution in [0.15, 0.2) is 17.0 Å². The van der Waals surface area contributed by atoms with Gasteiger partial charge in [0.1, 0.15) is 10.6 Å². The molecule has 1 heterocycles. The summed E-state index contributed by atoms with van der Waals surface area (Å²) in [5.41, 5.74) is 2.02. The Hall–Kier alpha value is -1.07. The zero-order valence-electron chi connectivity index (χ0n) is 11.5. The number of benzene rings is 1. The van der Waals surface area contributed by atoms with E-state index in [0.29, 0.717) is 35.6 Å². The van der Waals surface area contributed by atoms with Crippen LogP contribution in [0.5, 0.6) is 5.75 Å². The second kappa shape index (κ2) is 4.21. The van der Waals surface area contributed by atoms with E-state index in [0.717, 1.165) is 11.1 Å². The van der Waals surface area contributed by atoms with E-state index >= 15 is 0 Å². The predicted molar refractivity (Wildman–Crippen MR) is 72.8 cm³/mol. The Morgan fingerprint density at radius 1 is 1.16 bits per heavy atom. The summed E-state index contributed by atoms with van der Waals surface area (Å²) in [6.45, 7) is 5.22. The zero-order valence-corrected chi connectivity index (χ0v) is 12.3. The number of aryl methyl sites for hydroxylation is 2. The van der Waals surface area contributed by atoms with Crippen molar-refractivity contribution >= 4 is 10.0 Å². The summed E-state index contributed by atoms with van der Waals surface area (Å²) in [5, 5.41) is 0. The van der Waals surface area contributed by atoms with E-state index in [2.05, 4.69) is 0 Å². The first-order chi connectivity index (χ1) is 8.93. The first-order valence-electron chi connectivity index (χ1n) is 6.59. The lowest BCUT2D eigenvalue weighted by Gasteiger charge is -2.20. The lowest BCUT2D eigenvalue weighted by Crippen LogP contribution is -2.30. The first kappa shape index (κ1) is 12.9. The van der Waals surface area contributed by atoms with Crippen LogP contribution in [-0.4, -0.2) is 32.9 Å². The van der Waals surface area contributed by atoms with Crippen molar-refractivity contribution in [2.45, 2.75) is 25.2 Å². The predicted octanol–water partition coefficient (Wildman–Crippen LogP) is 1.95. The molecule has 1 saturated heterocycles. The monoisotopic (exact) mass is 281 g/mol. The molecule has 2 atom stereocenters. The van der Waals surface area contributed by atoms with Crippen LogP contribution in [-0.2, 0) is 10.0 Å². The first-order valence-corrected chi connectivity index (χ1v) is 8.03. The Morgan fingerprint density at radius 3 is 2.32 bits per heavy atom. The normalized spacial score (nSPS) is 26.3. The maximum atomic E-state index is 12.7. The minimum Gasteiger partial charge on any atom is -0.495 e. The van der Waals surface area contributed by atoms with Crippen LogP contribution in [0.4, 0.5) is 0 Å².